The summed E-state index contributed by atoms with van der Waals surface area (Å²) in [5.41, 5.74) is 1.02. The van der Waals surface area contributed by atoms with Crippen LogP contribution in [0, 0.1) is 0 Å². The normalized spacial score (nSPS) is 21.1. The maximum Gasteiger partial charge on any atom is 0.193 e. The third-order valence-corrected chi connectivity index (χ3v) is 3.90. The molecule has 5 heteroatoms. The number of imidazole rings is 1. The third kappa shape index (κ3) is 2.68. The Kier molecular flexibility index (Phi) is 3.40. The monoisotopic (exact) mass is 251 g/mol. The molecule has 0 radical (unpaired) electrons. The van der Waals surface area contributed by atoms with Crippen molar-refractivity contribution in [2.75, 3.05) is 13.2 Å². The number of rotatable bonds is 4. The number of ether oxygens (including phenoxy) is 1. The van der Waals surface area contributed by atoms with Gasteiger partial charge in [-0.05, 0) is 19.4 Å². The average Bonchev–Trinajstić information content (AvgIpc) is 2.91. The summed E-state index contributed by atoms with van der Waals surface area (Å²) in [5.74, 6) is 0. The Bertz CT molecular complexity index is 444. The van der Waals surface area contributed by atoms with Crippen LogP contribution < -0.4 is 5.32 Å². The maximum absolute atomic E-state index is 5.72. The zero-order valence-electron chi connectivity index (χ0n) is 9.76. The molecule has 17 heavy (non-hydrogen) atoms. The lowest BCUT2D eigenvalue weighted by atomic mass is 10.1. The molecule has 1 atom stereocenters. The number of thiazole rings is 1. The van der Waals surface area contributed by atoms with Gasteiger partial charge < -0.3 is 10.1 Å². The summed E-state index contributed by atoms with van der Waals surface area (Å²) in [6.45, 7) is 2.55. The highest BCUT2D eigenvalue weighted by atomic mass is 32.1. The summed E-state index contributed by atoms with van der Waals surface area (Å²) in [6.07, 6.45) is 7.92. The second kappa shape index (κ2) is 5.16. The predicted molar refractivity (Wildman–Crippen MR) is 68.4 cm³/mol. The second-order valence-electron chi connectivity index (χ2n) is 4.49. The van der Waals surface area contributed by atoms with Gasteiger partial charge in [-0.2, -0.15) is 0 Å². The first kappa shape index (κ1) is 11.2. The molecule has 1 saturated heterocycles. The van der Waals surface area contributed by atoms with Crippen molar-refractivity contribution in [3.63, 3.8) is 0 Å². The van der Waals surface area contributed by atoms with Crippen LogP contribution in [0.3, 0.4) is 0 Å². The van der Waals surface area contributed by atoms with Crippen LogP contribution in [0.2, 0.25) is 0 Å². The first-order valence-corrected chi connectivity index (χ1v) is 7.02. The standard InChI is InChI=1S/C12H17N3OS/c1-2-4-13-10(3-1)8-16-9-11-7-15-5-6-17-12(15)14-11/h5-7,10,13H,1-4,8-9H2. The molecule has 1 aliphatic rings. The maximum atomic E-state index is 5.72. The predicted octanol–water partition coefficient (Wildman–Crippen LogP) is 2.05. The summed E-state index contributed by atoms with van der Waals surface area (Å²) >= 11 is 1.65. The van der Waals surface area contributed by atoms with Crippen LogP contribution in [0.15, 0.2) is 17.8 Å². The molecule has 92 valence electrons. The first-order valence-electron chi connectivity index (χ1n) is 6.14. The molecule has 1 unspecified atom stereocenters. The van der Waals surface area contributed by atoms with Crippen molar-refractivity contribution in [1.82, 2.24) is 14.7 Å². The van der Waals surface area contributed by atoms with Gasteiger partial charge in [-0.3, -0.25) is 4.40 Å². The molecule has 3 heterocycles. The number of piperidine rings is 1. The Balaban J connectivity index is 1.49. The van der Waals surface area contributed by atoms with Crippen LogP contribution in [-0.2, 0) is 11.3 Å². The van der Waals surface area contributed by atoms with Crippen molar-refractivity contribution >= 4 is 16.3 Å². The van der Waals surface area contributed by atoms with Crippen molar-refractivity contribution < 1.29 is 4.74 Å². The molecule has 0 amide bonds. The Labute approximate surface area is 105 Å². The lowest BCUT2D eigenvalue weighted by molar-refractivity contribution is 0.0893. The highest BCUT2D eigenvalue weighted by Crippen LogP contribution is 2.12. The molecule has 1 aliphatic heterocycles. The van der Waals surface area contributed by atoms with E-state index in [-0.39, 0.29) is 0 Å². The van der Waals surface area contributed by atoms with Crippen LogP contribution >= 0.6 is 11.3 Å². The number of nitrogens with zero attached hydrogens (tertiary/aromatic N) is 2. The number of aromatic nitrogens is 2. The van der Waals surface area contributed by atoms with E-state index in [0.717, 1.165) is 23.8 Å². The number of nitrogens with one attached hydrogen (secondary N) is 1. The highest BCUT2D eigenvalue weighted by Gasteiger charge is 2.12. The average molecular weight is 251 g/mol. The minimum absolute atomic E-state index is 0.535. The summed E-state index contributed by atoms with van der Waals surface area (Å²) in [4.78, 5) is 5.53. The molecular formula is C12H17N3OS. The van der Waals surface area contributed by atoms with Gasteiger partial charge in [0.15, 0.2) is 4.96 Å². The molecule has 4 nitrogen and oxygen atoms in total. The molecule has 2 aromatic rings. The van der Waals surface area contributed by atoms with Crippen LogP contribution in [0.5, 0.6) is 0 Å². The molecule has 0 aliphatic carbocycles. The molecule has 0 bridgehead atoms. The Morgan fingerprint density at radius 2 is 2.53 bits per heavy atom. The van der Waals surface area contributed by atoms with E-state index in [2.05, 4.69) is 10.3 Å². The van der Waals surface area contributed by atoms with E-state index in [4.69, 9.17) is 4.74 Å². The fourth-order valence-electron chi connectivity index (χ4n) is 2.22. The van der Waals surface area contributed by atoms with Gasteiger partial charge in [0.25, 0.3) is 0 Å². The van der Waals surface area contributed by atoms with Crippen LogP contribution in [-0.4, -0.2) is 28.6 Å². The van der Waals surface area contributed by atoms with Gasteiger partial charge in [0.2, 0.25) is 0 Å². The van der Waals surface area contributed by atoms with Crippen molar-refractivity contribution in [3.05, 3.63) is 23.5 Å². The number of hydrogen-bond donors (Lipinski definition) is 1. The van der Waals surface area contributed by atoms with Gasteiger partial charge >= 0.3 is 0 Å². The second-order valence-corrected chi connectivity index (χ2v) is 5.36. The minimum atomic E-state index is 0.535. The van der Waals surface area contributed by atoms with Gasteiger partial charge in [0, 0.05) is 23.8 Å². The van der Waals surface area contributed by atoms with E-state index in [9.17, 15) is 0 Å². The first-order chi connectivity index (χ1) is 8.42. The van der Waals surface area contributed by atoms with Crippen molar-refractivity contribution in [2.24, 2.45) is 0 Å². The molecule has 0 saturated carbocycles. The van der Waals surface area contributed by atoms with Gasteiger partial charge in [-0.1, -0.05) is 6.42 Å². The third-order valence-electron chi connectivity index (χ3n) is 3.12. The van der Waals surface area contributed by atoms with E-state index in [1.165, 1.54) is 19.3 Å². The van der Waals surface area contributed by atoms with Gasteiger partial charge in [0.05, 0.1) is 18.9 Å². The molecule has 3 rings (SSSR count). The van der Waals surface area contributed by atoms with Gasteiger partial charge in [-0.25, -0.2) is 4.98 Å². The zero-order valence-corrected chi connectivity index (χ0v) is 10.6. The largest absolute Gasteiger partial charge is 0.373 e. The van der Waals surface area contributed by atoms with Crippen molar-refractivity contribution in [1.29, 1.82) is 0 Å². The van der Waals surface area contributed by atoms with E-state index in [1.807, 2.05) is 22.2 Å². The Morgan fingerprint density at radius 3 is 3.35 bits per heavy atom. The summed E-state index contributed by atoms with van der Waals surface area (Å²) in [6, 6.07) is 0.535. The molecule has 1 N–H and O–H groups in total. The molecule has 0 spiro atoms. The van der Waals surface area contributed by atoms with Crippen LogP contribution in [0.1, 0.15) is 25.0 Å². The molecule has 0 aromatic carbocycles. The Hall–Kier alpha value is -0.910. The number of hydrogen-bond acceptors (Lipinski definition) is 4. The summed E-state index contributed by atoms with van der Waals surface area (Å²) in [7, 11) is 0. The number of fused-ring (bicyclic) bond motifs is 1. The Morgan fingerprint density at radius 1 is 1.53 bits per heavy atom. The zero-order chi connectivity index (χ0) is 11.5. The topological polar surface area (TPSA) is 38.6 Å². The fourth-order valence-corrected chi connectivity index (χ4v) is 2.94. The van der Waals surface area contributed by atoms with E-state index >= 15 is 0 Å². The van der Waals surface area contributed by atoms with Crippen LogP contribution in [0.25, 0.3) is 4.96 Å². The highest BCUT2D eigenvalue weighted by molar-refractivity contribution is 7.15. The lowest BCUT2D eigenvalue weighted by Gasteiger charge is -2.22. The van der Waals surface area contributed by atoms with Crippen molar-refractivity contribution in [3.8, 4) is 0 Å². The molecular weight excluding hydrogens is 234 g/mol. The summed E-state index contributed by atoms with van der Waals surface area (Å²) < 4.78 is 7.77. The SMILES string of the molecule is c1cn2cc(COCC3CCCCN3)nc2s1. The van der Waals surface area contributed by atoms with E-state index in [1.54, 1.807) is 11.3 Å². The van der Waals surface area contributed by atoms with Gasteiger partial charge in [0.1, 0.15) is 0 Å². The lowest BCUT2D eigenvalue weighted by Crippen LogP contribution is -2.37. The van der Waals surface area contributed by atoms with Crippen LogP contribution in [0.4, 0.5) is 0 Å². The summed E-state index contributed by atoms with van der Waals surface area (Å²) in [5, 5.41) is 5.52. The van der Waals surface area contributed by atoms with E-state index in [0.29, 0.717) is 12.6 Å². The van der Waals surface area contributed by atoms with Gasteiger partial charge in [-0.15, -0.1) is 11.3 Å². The van der Waals surface area contributed by atoms with Crippen molar-refractivity contribution in [2.45, 2.75) is 31.9 Å². The molecule has 2 aromatic heterocycles. The minimum Gasteiger partial charge on any atom is -0.373 e. The fraction of sp³-hybridized carbons (Fsp3) is 0.583. The smallest absolute Gasteiger partial charge is 0.193 e. The van der Waals surface area contributed by atoms with E-state index < -0.39 is 0 Å². The quantitative estimate of drug-likeness (QED) is 0.904. The molecule has 1 fully saturated rings.